The van der Waals surface area contributed by atoms with E-state index in [1.165, 1.54) is 17.0 Å². The minimum atomic E-state index is -4.17. The molecule has 0 saturated carbocycles. The van der Waals surface area contributed by atoms with Gasteiger partial charge in [0.05, 0.1) is 10.6 Å². The molecule has 0 unspecified atom stereocenters. The molecule has 4 aromatic rings. The first-order chi connectivity index (χ1) is 20.8. The van der Waals surface area contributed by atoms with Crippen molar-refractivity contribution in [2.75, 3.05) is 10.8 Å². The molecular formula is C35H39N3O5S. The molecule has 1 N–H and O–H groups in total. The molecule has 0 saturated heterocycles. The molecule has 0 heterocycles. The summed E-state index contributed by atoms with van der Waals surface area (Å²) in [6.07, 6.45) is 0. The van der Waals surface area contributed by atoms with Gasteiger partial charge in [-0.15, -0.1) is 0 Å². The summed E-state index contributed by atoms with van der Waals surface area (Å²) in [5.41, 5.74) is 1.48. The molecule has 1 atom stereocenters. The second kappa shape index (κ2) is 13.8. The van der Waals surface area contributed by atoms with Crippen molar-refractivity contribution in [1.29, 1.82) is 0 Å². The van der Waals surface area contributed by atoms with Crippen molar-refractivity contribution in [2.45, 2.75) is 57.6 Å². The highest BCUT2D eigenvalue weighted by atomic mass is 32.2. The molecule has 2 amide bonds. The Balaban J connectivity index is 1.70. The zero-order valence-electron chi connectivity index (χ0n) is 25.7. The summed E-state index contributed by atoms with van der Waals surface area (Å²) < 4.78 is 35.1. The zero-order chi connectivity index (χ0) is 31.9. The standard InChI is InChI=1S/C35H39N3O5S/c1-26-16-22-32(23-17-26)44(41,42)38(29-18-20-31(21-19-29)43-30-14-10-7-11-15-30)25-33(39)37(24-28-12-8-6-9-13-28)27(2)34(40)36-35(3,4)5/h6-23,27H,24-25H2,1-5H3,(H,36,40)/t27-/m0/s1. The SMILES string of the molecule is Cc1ccc(S(=O)(=O)N(CC(=O)N(Cc2ccccc2)[C@@H](C)C(=O)NC(C)(C)C)c2ccc(Oc3ccccc3)cc2)cc1. The molecule has 0 fully saturated rings. The molecule has 0 aliphatic carbocycles. The summed E-state index contributed by atoms with van der Waals surface area (Å²) in [4.78, 5) is 28.8. The molecule has 9 heteroatoms. The highest BCUT2D eigenvalue weighted by molar-refractivity contribution is 7.92. The summed E-state index contributed by atoms with van der Waals surface area (Å²) in [5, 5.41) is 2.93. The van der Waals surface area contributed by atoms with Crippen LogP contribution in [-0.4, -0.2) is 43.3 Å². The minimum absolute atomic E-state index is 0.0497. The van der Waals surface area contributed by atoms with Gasteiger partial charge in [0, 0.05) is 12.1 Å². The third kappa shape index (κ3) is 8.48. The number of aryl methyl sites for hydroxylation is 1. The number of sulfonamides is 1. The number of para-hydroxylation sites is 1. The van der Waals surface area contributed by atoms with Crippen molar-refractivity contribution >= 4 is 27.5 Å². The van der Waals surface area contributed by atoms with Crippen molar-refractivity contribution in [3.8, 4) is 11.5 Å². The first kappa shape index (κ1) is 32.3. The smallest absolute Gasteiger partial charge is 0.264 e. The van der Waals surface area contributed by atoms with Crippen LogP contribution in [0.25, 0.3) is 0 Å². The van der Waals surface area contributed by atoms with Gasteiger partial charge >= 0.3 is 0 Å². The van der Waals surface area contributed by atoms with Crippen LogP contribution in [-0.2, 0) is 26.2 Å². The van der Waals surface area contributed by atoms with Crippen LogP contribution in [0.3, 0.4) is 0 Å². The lowest BCUT2D eigenvalue weighted by molar-refractivity contribution is -0.140. The van der Waals surface area contributed by atoms with Crippen molar-refractivity contribution in [3.05, 3.63) is 120 Å². The van der Waals surface area contributed by atoms with Crippen LogP contribution in [0, 0.1) is 6.92 Å². The predicted octanol–water partition coefficient (Wildman–Crippen LogP) is 6.31. The monoisotopic (exact) mass is 613 g/mol. The van der Waals surface area contributed by atoms with Crippen molar-refractivity contribution in [1.82, 2.24) is 10.2 Å². The predicted molar refractivity (Wildman–Crippen MR) is 173 cm³/mol. The number of nitrogens with zero attached hydrogens (tertiary/aromatic N) is 2. The van der Waals surface area contributed by atoms with E-state index in [9.17, 15) is 18.0 Å². The molecule has 0 aromatic heterocycles. The average molecular weight is 614 g/mol. The molecule has 0 bridgehead atoms. The topological polar surface area (TPSA) is 96.0 Å². The second-order valence-corrected chi connectivity index (χ2v) is 13.5. The molecule has 4 aromatic carbocycles. The summed E-state index contributed by atoms with van der Waals surface area (Å²) in [6, 6.07) is 30.7. The average Bonchev–Trinajstić information content (AvgIpc) is 2.99. The molecule has 8 nitrogen and oxygen atoms in total. The molecule has 4 rings (SSSR count). The van der Waals surface area contributed by atoms with E-state index in [-0.39, 0.29) is 23.0 Å². The van der Waals surface area contributed by atoms with Crippen LogP contribution in [0.1, 0.15) is 38.8 Å². The highest BCUT2D eigenvalue weighted by Crippen LogP contribution is 2.29. The van der Waals surface area contributed by atoms with E-state index >= 15 is 0 Å². The molecule has 0 aliphatic heterocycles. The Morgan fingerprint density at radius 3 is 1.91 bits per heavy atom. The Labute approximate surface area is 260 Å². The number of anilines is 1. The van der Waals surface area contributed by atoms with Gasteiger partial charge in [-0.1, -0.05) is 66.2 Å². The fourth-order valence-electron chi connectivity index (χ4n) is 4.51. The molecule has 44 heavy (non-hydrogen) atoms. The maximum atomic E-state index is 14.1. The Bertz CT molecular complexity index is 1650. The van der Waals surface area contributed by atoms with E-state index in [0.29, 0.717) is 11.5 Å². The number of hydrogen-bond acceptors (Lipinski definition) is 5. The number of carbonyl (C=O) groups is 2. The van der Waals surface area contributed by atoms with Gasteiger partial charge in [-0.3, -0.25) is 13.9 Å². The summed E-state index contributed by atoms with van der Waals surface area (Å²) in [6.45, 7) is 8.72. The van der Waals surface area contributed by atoms with Gasteiger partial charge in [-0.2, -0.15) is 0 Å². The number of benzene rings is 4. The van der Waals surface area contributed by atoms with Crippen LogP contribution < -0.4 is 14.4 Å². The Hall–Kier alpha value is -4.63. The number of ether oxygens (including phenoxy) is 1. The number of amides is 2. The van der Waals surface area contributed by atoms with Gasteiger partial charge in [0.15, 0.2) is 0 Å². The normalized spacial score (nSPS) is 12.2. The molecule has 0 aliphatic rings. The van der Waals surface area contributed by atoms with Gasteiger partial charge in [-0.25, -0.2) is 8.42 Å². The van der Waals surface area contributed by atoms with E-state index in [1.807, 2.05) is 88.4 Å². The second-order valence-electron chi connectivity index (χ2n) is 11.7. The highest BCUT2D eigenvalue weighted by Gasteiger charge is 2.33. The van der Waals surface area contributed by atoms with Gasteiger partial charge in [0.2, 0.25) is 11.8 Å². The third-order valence-corrected chi connectivity index (χ3v) is 8.64. The first-order valence-electron chi connectivity index (χ1n) is 14.4. The fraction of sp³-hybridized carbons (Fsp3) is 0.257. The van der Waals surface area contributed by atoms with Gasteiger partial charge in [0.1, 0.15) is 24.1 Å². The fourth-order valence-corrected chi connectivity index (χ4v) is 5.92. The van der Waals surface area contributed by atoms with E-state index in [2.05, 4.69) is 5.32 Å². The maximum absolute atomic E-state index is 14.1. The van der Waals surface area contributed by atoms with Crippen LogP contribution in [0.2, 0.25) is 0 Å². The Morgan fingerprint density at radius 2 is 1.34 bits per heavy atom. The quantitative estimate of drug-likeness (QED) is 0.214. The van der Waals surface area contributed by atoms with Crippen molar-refractivity contribution in [2.24, 2.45) is 0 Å². The van der Waals surface area contributed by atoms with Crippen molar-refractivity contribution in [3.63, 3.8) is 0 Å². The summed E-state index contributed by atoms with van der Waals surface area (Å²) in [5.74, 6) is 0.290. The summed E-state index contributed by atoms with van der Waals surface area (Å²) >= 11 is 0. The van der Waals surface area contributed by atoms with E-state index < -0.39 is 34.1 Å². The Morgan fingerprint density at radius 1 is 0.795 bits per heavy atom. The third-order valence-electron chi connectivity index (χ3n) is 6.85. The van der Waals surface area contributed by atoms with Gasteiger partial charge in [-0.05, 0) is 88.7 Å². The first-order valence-corrected chi connectivity index (χ1v) is 15.9. The lowest BCUT2D eigenvalue weighted by Gasteiger charge is -2.33. The Kier molecular flexibility index (Phi) is 10.1. The number of nitrogens with one attached hydrogen (secondary N) is 1. The molecular weight excluding hydrogens is 574 g/mol. The molecule has 0 spiro atoms. The lowest BCUT2D eigenvalue weighted by atomic mass is 10.1. The van der Waals surface area contributed by atoms with Gasteiger partial charge in [0.25, 0.3) is 10.0 Å². The van der Waals surface area contributed by atoms with Crippen molar-refractivity contribution < 1.29 is 22.7 Å². The zero-order valence-corrected chi connectivity index (χ0v) is 26.5. The van der Waals surface area contributed by atoms with Crippen LogP contribution in [0.4, 0.5) is 5.69 Å². The van der Waals surface area contributed by atoms with Crippen LogP contribution in [0.15, 0.2) is 114 Å². The number of carbonyl (C=O) groups excluding carboxylic acids is 2. The van der Waals surface area contributed by atoms with E-state index in [4.69, 9.17) is 4.74 Å². The van der Waals surface area contributed by atoms with Gasteiger partial charge < -0.3 is 15.0 Å². The van der Waals surface area contributed by atoms with E-state index in [1.54, 1.807) is 43.3 Å². The number of hydrogen-bond donors (Lipinski definition) is 1. The lowest BCUT2D eigenvalue weighted by Crippen LogP contribution is -2.54. The number of rotatable bonds is 11. The molecule has 230 valence electrons. The minimum Gasteiger partial charge on any atom is -0.457 e. The largest absolute Gasteiger partial charge is 0.457 e. The summed E-state index contributed by atoms with van der Waals surface area (Å²) in [7, 11) is -4.17. The maximum Gasteiger partial charge on any atom is 0.264 e. The molecule has 0 radical (unpaired) electrons. The van der Waals surface area contributed by atoms with Crippen LogP contribution in [0.5, 0.6) is 11.5 Å². The van der Waals surface area contributed by atoms with E-state index in [0.717, 1.165) is 15.4 Å². The van der Waals surface area contributed by atoms with Crippen LogP contribution >= 0.6 is 0 Å².